The molecule has 0 spiro atoms. The first-order valence-electron chi connectivity index (χ1n) is 3.57. The van der Waals surface area contributed by atoms with Gasteiger partial charge in [-0.1, -0.05) is 23.2 Å². The molecule has 84 valence electrons. The third-order valence-corrected chi connectivity index (χ3v) is 3.67. The van der Waals surface area contributed by atoms with E-state index in [9.17, 15) is 12.8 Å². The van der Waals surface area contributed by atoms with Gasteiger partial charge < -0.3 is 0 Å². The lowest BCUT2D eigenvalue weighted by Crippen LogP contribution is -2.14. The van der Waals surface area contributed by atoms with Crippen LogP contribution in [0.3, 0.4) is 0 Å². The summed E-state index contributed by atoms with van der Waals surface area (Å²) < 4.78 is 37.0. The molecular weight excluding hydrogens is 288 g/mol. The summed E-state index contributed by atoms with van der Waals surface area (Å²) in [7, 11) is -3.71. The van der Waals surface area contributed by atoms with Gasteiger partial charge in [-0.2, -0.15) is 0 Å². The molecule has 0 fully saturated rings. The van der Waals surface area contributed by atoms with Crippen molar-refractivity contribution in [2.24, 2.45) is 0 Å². The van der Waals surface area contributed by atoms with Crippen LogP contribution in [0, 0.1) is 5.82 Å². The molecule has 3 nitrogen and oxygen atoms in total. The highest BCUT2D eigenvalue weighted by molar-refractivity contribution is 7.93. The summed E-state index contributed by atoms with van der Waals surface area (Å²) in [6.07, 6.45) is 0. The highest BCUT2D eigenvalue weighted by atomic mass is 35.5. The third kappa shape index (κ3) is 3.38. The second-order valence-corrected chi connectivity index (χ2v) is 5.69. The Balaban J connectivity index is 3.17. The molecular formula is C7H5Cl3FNO2S. The molecule has 0 bridgehead atoms. The van der Waals surface area contributed by atoms with E-state index in [1.807, 2.05) is 4.72 Å². The molecule has 0 saturated carbocycles. The fourth-order valence-corrected chi connectivity index (χ4v) is 2.24. The van der Waals surface area contributed by atoms with Crippen LogP contribution in [0.4, 0.5) is 10.1 Å². The molecule has 0 amide bonds. The number of hydrogen-bond acceptors (Lipinski definition) is 2. The summed E-state index contributed by atoms with van der Waals surface area (Å²) in [5.41, 5.74) is -0.0830. The van der Waals surface area contributed by atoms with E-state index in [0.29, 0.717) is 0 Å². The fraction of sp³-hybridized carbons (Fsp3) is 0.143. The van der Waals surface area contributed by atoms with Gasteiger partial charge in [-0.15, -0.1) is 11.6 Å². The lowest BCUT2D eigenvalue weighted by molar-refractivity contribution is 0.605. The molecule has 1 aromatic carbocycles. The molecule has 0 saturated heterocycles. The third-order valence-electron chi connectivity index (χ3n) is 1.41. The molecule has 0 aliphatic carbocycles. The van der Waals surface area contributed by atoms with Gasteiger partial charge in [-0.3, -0.25) is 4.72 Å². The zero-order chi connectivity index (χ0) is 11.6. The minimum Gasteiger partial charge on any atom is -0.280 e. The fourth-order valence-electron chi connectivity index (χ4n) is 0.822. The van der Waals surface area contributed by atoms with Gasteiger partial charge in [0.2, 0.25) is 10.0 Å². The predicted molar refractivity (Wildman–Crippen MR) is 59.7 cm³/mol. The largest absolute Gasteiger partial charge is 0.280 e. The molecule has 0 radical (unpaired) electrons. The Morgan fingerprint density at radius 2 is 1.73 bits per heavy atom. The molecule has 0 heterocycles. The summed E-state index contributed by atoms with van der Waals surface area (Å²) in [5, 5.41) is -0.904. The zero-order valence-electron chi connectivity index (χ0n) is 7.10. The molecule has 1 N–H and O–H groups in total. The normalized spacial score (nSPS) is 11.5. The SMILES string of the molecule is O=S(=O)(CCl)Nc1c(Cl)cc(F)cc1Cl. The Hall–Kier alpha value is -0.230. The topological polar surface area (TPSA) is 46.2 Å². The van der Waals surface area contributed by atoms with Crippen molar-refractivity contribution in [2.75, 3.05) is 9.93 Å². The minimum atomic E-state index is -3.71. The number of nitrogens with one attached hydrogen (secondary N) is 1. The quantitative estimate of drug-likeness (QED) is 0.870. The standard InChI is InChI=1S/C7H5Cl3FNO2S/c8-3-15(13,14)12-7-5(9)1-4(11)2-6(7)10/h1-2,12H,3H2. The first kappa shape index (κ1) is 12.8. The van der Waals surface area contributed by atoms with E-state index in [4.69, 9.17) is 34.8 Å². The molecule has 0 aliphatic heterocycles. The molecule has 0 unspecified atom stereocenters. The van der Waals surface area contributed by atoms with Crippen molar-refractivity contribution in [3.8, 4) is 0 Å². The molecule has 0 atom stereocenters. The summed E-state index contributed by atoms with van der Waals surface area (Å²) in [4.78, 5) is 0. The van der Waals surface area contributed by atoms with Crippen LogP contribution in [-0.2, 0) is 10.0 Å². The summed E-state index contributed by atoms with van der Waals surface area (Å²) in [5.74, 6) is -0.654. The van der Waals surface area contributed by atoms with E-state index in [1.54, 1.807) is 0 Å². The van der Waals surface area contributed by atoms with Crippen molar-refractivity contribution in [1.82, 2.24) is 0 Å². The van der Waals surface area contributed by atoms with E-state index in [1.165, 1.54) is 0 Å². The number of sulfonamides is 1. The zero-order valence-corrected chi connectivity index (χ0v) is 10.2. The van der Waals surface area contributed by atoms with E-state index in [-0.39, 0.29) is 15.7 Å². The maximum Gasteiger partial charge on any atom is 0.246 e. The number of benzene rings is 1. The number of hydrogen-bond donors (Lipinski definition) is 1. The molecule has 15 heavy (non-hydrogen) atoms. The van der Waals surface area contributed by atoms with Crippen LogP contribution in [0.15, 0.2) is 12.1 Å². The minimum absolute atomic E-state index is 0.0830. The summed E-state index contributed by atoms with van der Waals surface area (Å²) >= 11 is 16.4. The van der Waals surface area contributed by atoms with Crippen molar-refractivity contribution < 1.29 is 12.8 Å². The van der Waals surface area contributed by atoms with Crippen LogP contribution in [-0.4, -0.2) is 13.6 Å². The van der Waals surface area contributed by atoms with E-state index < -0.39 is 21.1 Å². The first-order valence-corrected chi connectivity index (χ1v) is 6.51. The number of halogens is 4. The number of rotatable bonds is 3. The Morgan fingerprint density at radius 1 is 1.27 bits per heavy atom. The Morgan fingerprint density at radius 3 is 2.13 bits per heavy atom. The van der Waals surface area contributed by atoms with Crippen LogP contribution in [0.1, 0.15) is 0 Å². The van der Waals surface area contributed by atoms with E-state index >= 15 is 0 Å². The maximum absolute atomic E-state index is 12.8. The molecule has 0 aliphatic rings. The molecule has 0 aromatic heterocycles. The summed E-state index contributed by atoms with van der Waals surface area (Å²) in [6, 6.07) is 1.89. The first-order chi connectivity index (χ1) is 6.85. The number of alkyl halides is 1. The van der Waals surface area contributed by atoms with Crippen LogP contribution in [0.2, 0.25) is 10.0 Å². The van der Waals surface area contributed by atoms with Gasteiger partial charge in [-0.05, 0) is 12.1 Å². The van der Waals surface area contributed by atoms with Gasteiger partial charge in [0.25, 0.3) is 0 Å². The number of anilines is 1. The van der Waals surface area contributed by atoms with Gasteiger partial charge in [0, 0.05) is 0 Å². The van der Waals surface area contributed by atoms with Crippen LogP contribution in [0.5, 0.6) is 0 Å². The summed E-state index contributed by atoms with van der Waals surface area (Å²) in [6.45, 7) is 0. The molecule has 8 heteroatoms. The molecule has 1 aromatic rings. The Labute approximate surface area is 101 Å². The van der Waals surface area contributed by atoms with E-state index in [0.717, 1.165) is 12.1 Å². The highest BCUT2D eigenvalue weighted by Crippen LogP contribution is 2.32. The predicted octanol–water partition coefficient (Wildman–Crippen LogP) is 3.07. The monoisotopic (exact) mass is 291 g/mol. The lowest BCUT2D eigenvalue weighted by Gasteiger charge is -2.09. The lowest BCUT2D eigenvalue weighted by atomic mass is 10.3. The average Bonchev–Trinajstić information content (AvgIpc) is 2.11. The van der Waals surface area contributed by atoms with Gasteiger partial charge >= 0.3 is 0 Å². The van der Waals surface area contributed by atoms with Gasteiger partial charge in [0.05, 0.1) is 15.7 Å². The smallest absolute Gasteiger partial charge is 0.246 e. The van der Waals surface area contributed by atoms with Gasteiger partial charge in [-0.25, -0.2) is 12.8 Å². The van der Waals surface area contributed by atoms with Crippen molar-refractivity contribution in [3.63, 3.8) is 0 Å². The van der Waals surface area contributed by atoms with E-state index in [2.05, 4.69) is 0 Å². The van der Waals surface area contributed by atoms with Crippen LogP contribution >= 0.6 is 34.8 Å². The second kappa shape index (κ2) is 4.74. The van der Waals surface area contributed by atoms with Crippen molar-refractivity contribution in [1.29, 1.82) is 0 Å². The average molecular weight is 293 g/mol. The van der Waals surface area contributed by atoms with Crippen molar-refractivity contribution in [3.05, 3.63) is 28.0 Å². The van der Waals surface area contributed by atoms with Crippen molar-refractivity contribution in [2.45, 2.75) is 0 Å². The van der Waals surface area contributed by atoms with Crippen molar-refractivity contribution >= 4 is 50.5 Å². The van der Waals surface area contributed by atoms with Crippen LogP contribution in [0.25, 0.3) is 0 Å². The second-order valence-electron chi connectivity index (χ2n) is 2.57. The Bertz CT molecular complexity index is 454. The Kier molecular flexibility index (Phi) is 4.06. The van der Waals surface area contributed by atoms with Crippen LogP contribution < -0.4 is 4.72 Å². The maximum atomic E-state index is 12.8. The van der Waals surface area contributed by atoms with Gasteiger partial charge in [0.15, 0.2) is 0 Å². The highest BCUT2D eigenvalue weighted by Gasteiger charge is 2.14. The molecule has 1 rings (SSSR count). The van der Waals surface area contributed by atoms with Gasteiger partial charge in [0.1, 0.15) is 11.0 Å².